The predicted octanol–water partition coefficient (Wildman–Crippen LogP) is 3.90. The molecule has 1 aromatic heterocycles. The fourth-order valence-electron chi connectivity index (χ4n) is 2.27. The molecule has 3 aromatic rings. The van der Waals surface area contributed by atoms with Crippen LogP contribution in [0, 0.1) is 12.7 Å². The maximum atomic E-state index is 13.2. The van der Waals surface area contributed by atoms with Gasteiger partial charge in [0.25, 0.3) is 0 Å². The number of carbonyl (C=O) groups excluding carboxylic acids is 1. The van der Waals surface area contributed by atoms with E-state index in [1.54, 1.807) is 12.1 Å². The van der Waals surface area contributed by atoms with E-state index in [2.05, 4.69) is 20.8 Å². The Balaban J connectivity index is 1.82. The monoisotopic (exact) mass is 342 g/mol. The molecular weight excluding hydrogens is 327 g/mol. The van der Waals surface area contributed by atoms with Crippen molar-refractivity contribution in [2.45, 2.75) is 13.0 Å². The zero-order valence-corrected chi connectivity index (χ0v) is 13.7. The average molecular weight is 342 g/mol. The van der Waals surface area contributed by atoms with Crippen LogP contribution in [0.15, 0.2) is 54.6 Å². The first-order chi connectivity index (χ1) is 11.6. The van der Waals surface area contributed by atoms with E-state index in [0.717, 1.165) is 16.1 Å². The molecule has 0 aliphatic carbocycles. The largest absolute Gasteiger partial charge is 0.327 e. The molecule has 0 saturated heterocycles. The lowest BCUT2D eigenvalue weighted by Gasteiger charge is -2.19. The average Bonchev–Trinajstić information content (AvgIpc) is 2.99. The zero-order valence-electron chi connectivity index (χ0n) is 12.9. The molecule has 24 heavy (non-hydrogen) atoms. The van der Waals surface area contributed by atoms with E-state index in [4.69, 9.17) is 0 Å². The van der Waals surface area contributed by atoms with Crippen molar-refractivity contribution in [3.05, 3.63) is 76.5 Å². The van der Waals surface area contributed by atoms with Crippen LogP contribution in [-0.4, -0.2) is 16.2 Å². The molecule has 1 heterocycles. The molecule has 0 bridgehead atoms. The van der Waals surface area contributed by atoms with Gasteiger partial charge in [-0.2, -0.15) is 0 Å². The summed E-state index contributed by atoms with van der Waals surface area (Å²) in [6.07, 6.45) is 0. The van der Waals surface area contributed by atoms with Gasteiger partial charge in [0.05, 0.1) is 6.04 Å². The molecule has 5 nitrogen and oxygen atoms in total. The van der Waals surface area contributed by atoms with Gasteiger partial charge in [-0.05, 0) is 30.2 Å². The van der Waals surface area contributed by atoms with Gasteiger partial charge in [0.2, 0.25) is 5.13 Å². The maximum absolute atomic E-state index is 13.2. The molecule has 0 aliphatic rings. The van der Waals surface area contributed by atoms with E-state index in [-0.39, 0.29) is 5.82 Å². The summed E-state index contributed by atoms with van der Waals surface area (Å²) in [6, 6.07) is 14.7. The highest BCUT2D eigenvalue weighted by Crippen LogP contribution is 2.23. The lowest BCUT2D eigenvalue weighted by Crippen LogP contribution is -2.33. The summed E-state index contributed by atoms with van der Waals surface area (Å²) < 4.78 is 13.2. The van der Waals surface area contributed by atoms with Gasteiger partial charge in [-0.25, -0.2) is 9.18 Å². The van der Waals surface area contributed by atoms with Crippen LogP contribution in [0.4, 0.5) is 14.3 Å². The third-order valence-electron chi connectivity index (χ3n) is 3.36. The summed E-state index contributed by atoms with van der Waals surface area (Å²) in [5.41, 5.74) is 1.68. The predicted molar refractivity (Wildman–Crippen MR) is 91.5 cm³/mol. The van der Waals surface area contributed by atoms with Crippen LogP contribution in [0.25, 0.3) is 0 Å². The van der Waals surface area contributed by atoms with Gasteiger partial charge in [-0.1, -0.05) is 53.8 Å². The second kappa shape index (κ2) is 7.18. The maximum Gasteiger partial charge on any atom is 0.321 e. The molecule has 3 rings (SSSR count). The van der Waals surface area contributed by atoms with Gasteiger partial charge in [0.1, 0.15) is 10.8 Å². The van der Waals surface area contributed by atoms with E-state index >= 15 is 0 Å². The molecule has 0 spiro atoms. The number of aryl methyl sites for hydroxylation is 1. The Hall–Kier alpha value is -2.80. The van der Waals surface area contributed by atoms with Crippen molar-refractivity contribution >= 4 is 22.5 Å². The Kier molecular flexibility index (Phi) is 4.81. The lowest BCUT2D eigenvalue weighted by molar-refractivity contribution is 0.250. The van der Waals surface area contributed by atoms with Crippen LogP contribution >= 0.6 is 11.3 Å². The second-order valence-corrected chi connectivity index (χ2v) is 6.30. The standard InChI is InChI=1S/C17H15FN4OS/c1-11-21-22-17(24-11)20-16(23)19-15(12-5-3-2-4-6-12)13-7-9-14(18)10-8-13/h2-10,15H,1H3,(H2,19,20,22,23)/t15-/m0/s1. The third-order valence-corrected chi connectivity index (χ3v) is 4.11. The highest BCUT2D eigenvalue weighted by Gasteiger charge is 2.17. The SMILES string of the molecule is Cc1nnc(NC(=O)N[C@@H](c2ccccc2)c2ccc(F)cc2)s1. The molecule has 2 aromatic carbocycles. The quantitative estimate of drug-likeness (QED) is 0.756. The van der Waals surface area contributed by atoms with Gasteiger partial charge < -0.3 is 5.32 Å². The second-order valence-electron chi connectivity index (χ2n) is 5.12. The Bertz CT molecular complexity index is 820. The first kappa shape index (κ1) is 16.1. The van der Waals surface area contributed by atoms with Crippen molar-refractivity contribution in [1.29, 1.82) is 0 Å². The van der Waals surface area contributed by atoms with Gasteiger partial charge >= 0.3 is 6.03 Å². The summed E-state index contributed by atoms with van der Waals surface area (Å²) in [4.78, 5) is 12.3. The molecule has 0 radical (unpaired) electrons. The minimum atomic E-state index is -0.402. The van der Waals surface area contributed by atoms with Crippen molar-refractivity contribution in [2.75, 3.05) is 5.32 Å². The number of carbonyl (C=O) groups is 1. The molecule has 0 aliphatic heterocycles. The summed E-state index contributed by atoms with van der Waals surface area (Å²) in [5.74, 6) is -0.320. The zero-order chi connectivity index (χ0) is 16.9. The van der Waals surface area contributed by atoms with Crippen molar-refractivity contribution in [2.24, 2.45) is 0 Å². The van der Waals surface area contributed by atoms with Crippen molar-refractivity contribution in [3.8, 4) is 0 Å². The highest BCUT2D eigenvalue weighted by atomic mass is 32.1. The first-order valence-electron chi connectivity index (χ1n) is 7.30. The lowest BCUT2D eigenvalue weighted by atomic mass is 9.99. The van der Waals surface area contributed by atoms with E-state index in [0.29, 0.717) is 5.13 Å². The topological polar surface area (TPSA) is 66.9 Å². The number of hydrogen-bond acceptors (Lipinski definition) is 4. The number of hydrogen-bond donors (Lipinski definition) is 2. The van der Waals surface area contributed by atoms with Gasteiger partial charge in [-0.3, -0.25) is 5.32 Å². The Morgan fingerprint density at radius 1 is 1.04 bits per heavy atom. The number of nitrogens with zero attached hydrogens (tertiary/aromatic N) is 2. The number of urea groups is 1. The Labute approximate surface area is 142 Å². The Morgan fingerprint density at radius 3 is 2.33 bits per heavy atom. The van der Waals surface area contributed by atoms with Crippen molar-refractivity contribution < 1.29 is 9.18 Å². The first-order valence-corrected chi connectivity index (χ1v) is 8.11. The molecule has 122 valence electrons. The van der Waals surface area contributed by atoms with E-state index in [9.17, 15) is 9.18 Å². The summed E-state index contributed by atoms with van der Waals surface area (Å²) in [7, 11) is 0. The third kappa shape index (κ3) is 3.94. The number of nitrogens with one attached hydrogen (secondary N) is 2. The highest BCUT2D eigenvalue weighted by molar-refractivity contribution is 7.15. The van der Waals surface area contributed by atoms with Crippen molar-refractivity contribution in [3.63, 3.8) is 0 Å². The molecule has 2 N–H and O–H groups in total. The molecule has 0 saturated carbocycles. The number of halogens is 1. The van der Waals surface area contributed by atoms with E-state index in [1.165, 1.54) is 23.5 Å². The molecule has 7 heteroatoms. The van der Waals surface area contributed by atoms with Crippen LogP contribution in [0.2, 0.25) is 0 Å². The summed E-state index contributed by atoms with van der Waals surface area (Å²) in [5, 5.41) is 14.5. The molecular formula is C17H15FN4OS. The van der Waals surface area contributed by atoms with Crippen LogP contribution in [0.5, 0.6) is 0 Å². The Morgan fingerprint density at radius 2 is 1.71 bits per heavy atom. The van der Waals surface area contributed by atoms with Gasteiger partial charge in [-0.15, -0.1) is 10.2 Å². The number of benzene rings is 2. The molecule has 2 amide bonds. The van der Waals surface area contributed by atoms with Gasteiger partial charge in [0.15, 0.2) is 0 Å². The minimum Gasteiger partial charge on any atom is -0.327 e. The minimum absolute atomic E-state index is 0.320. The number of aromatic nitrogens is 2. The fourth-order valence-corrected chi connectivity index (χ4v) is 2.86. The number of rotatable bonds is 4. The number of anilines is 1. The fraction of sp³-hybridized carbons (Fsp3) is 0.118. The van der Waals surface area contributed by atoms with Crippen LogP contribution < -0.4 is 10.6 Å². The van der Waals surface area contributed by atoms with Crippen LogP contribution in [-0.2, 0) is 0 Å². The van der Waals surface area contributed by atoms with Crippen LogP contribution in [0.1, 0.15) is 22.2 Å². The molecule has 0 fully saturated rings. The van der Waals surface area contributed by atoms with Crippen LogP contribution in [0.3, 0.4) is 0 Å². The normalized spacial score (nSPS) is 11.8. The smallest absolute Gasteiger partial charge is 0.321 e. The van der Waals surface area contributed by atoms with E-state index in [1.807, 2.05) is 37.3 Å². The summed E-state index contributed by atoms with van der Waals surface area (Å²) >= 11 is 1.29. The van der Waals surface area contributed by atoms with Gasteiger partial charge in [0, 0.05) is 0 Å². The van der Waals surface area contributed by atoms with E-state index < -0.39 is 12.1 Å². The molecule has 1 atom stereocenters. The molecule has 0 unspecified atom stereocenters. The van der Waals surface area contributed by atoms with Crippen molar-refractivity contribution in [1.82, 2.24) is 15.5 Å². The number of amides is 2. The summed E-state index contributed by atoms with van der Waals surface area (Å²) in [6.45, 7) is 1.81.